The molecule has 0 spiro atoms. The largest absolute Gasteiger partial charge is 0.480 e. The van der Waals surface area contributed by atoms with Gasteiger partial charge in [-0.25, -0.2) is 4.79 Å². The zero-order valence-electron chi connectivity index (χ0n) is 9.07. The summed E-state index contributed by atoms with van der Waals surface area (Å²) in [6, 6.07) is -1.10. The van der Waals surface area contributed by atoms with Gasteiger partial charge in [0.25, 0.3) is 0 Å². The molecule has 0 aliphatic carbocycles. The van der Waals surface area contributed by atoms with E-state index in [4.69, 9.17) is 10.2 Å². The Morgan fingerprint density at radius 2 is 1.82 bits per heavy atom. The normalized spacial score (nSPS) is 11.1. The Labute approximate surface area is 95.2 Å². The molecule has 0 heterocycles. The molecular weight excluding hydrogens is 245 g/mol. The number of urea groups is 1. The van der Waals surface area contributed by atoms with Gasteiger partial charge in [-0.05, 0) is 0 Å². The lowest BCUT2D eigenvalue weighted by Gasteiger charge is -2.27. The van der Waals surface area contributed by atoms with Gasteiger partial charge in [-0.3, -0.25) is 4.79 Å². The molecule has 0 aromatic carbocycles. The molecule has 0 fully saturated rings. The standard InChI is InChI=1S/C8H13F3N2O4/c1-12(2-3-14)7(17)13(4-6(15)16)5-8(9,10)11/h14H,2-5H2,1H3,(H,15,16). The number of likely N-dealkylation sites (N-methyl/N-ethyl adjacent to an activating group) is 1. The summed E-state index contributed by atoms with van der Waals surface area (Å²) in [5.41, 5.74) is 0. The number of amides is 2. The number of halogens is 3. The van der Waals surface area contributed by atoms with Gasteiger partial charge in [-0.1, -0.05) is 0 Å². The van der Waals surface area contributed by atoms with Crippen LogP contribution >= 0.6 is 0 Å². The van der Waals surface area contributed by atoms with Gasteiger partial charge in [0.2, 0.25) is 0 Å². The zero-order chi connectivity index (χ0) is 13.6. The Morgan fingerprint density at radius 1 is 1.29 bits per heavy atom. The lowest BCUT2D eigenvalue weighted by atomic mass is 10.4. The second-order valence-electron chi connectivity index (χ2n) is 3.29. The quantitative estimate of drug-likeness (QED) is 0.726. The van der Waals surface area contributed by atoms with Crippen molar-refractivity contribution in [1.82, 2.24) is 9.80 Å². The molecule has 0 aliphatic rings. The van der Waals surface area contributed by atoms with E-state index in [9.17, 15) is 22.8 Å². The summed E-state index contributed by atoms with van der Waals surface area (Å²) < 4.78 is 36.3. The van der Waals surface area contributed by atoms with Gasteiger partial charge in [0.15, 0.2) is 0 Å². The molecule has 0 unspecified atom stereocenters. The number of nitrogens with zero attached hydrogens (tertiary/aromatic N) is 2. The van der Waals surface area contributed by atoms with Crippen LogP contribution in [0.3, 0.4) is 0 Å². The highest BCUT2D eigenvalue weighted by Crippen LogP contribution is 2.17. The number of hydrogen-bond acceptors (Lipinski definition) is 3. The average molecular weight is 258 g/mol. The molecule has 0 aliphatic heterocycles. The van der Waals surface area contributed by atoms with Crippen molar-refractivity contribution in [1.29, 1.82) is 0 Å². The smallest absolute Gasteiger partial charge is 0.406 e. The van der Waals surface area contributed by atoms with Crippen LogP contribution in [0, 0.1) is 0 Å². The van der Waals surface area contributed by atoms with E-state index in [0.29, 0.717) is 0 Å². The third-order valence-corrected chi connectivity index (χ3v) is 1.73. The van der Waals surface area contributed by atoms with E-state index < -0.39 is 37.9 Å². The fraction of sp³-hybridized carbons (Fsp3) is 0.750. The first kappa shape index (κ1) is 15.5. The molecule has 0 saturated heterocycles. The Kier molecular flexibility index (Phi) is 5.72. The third kappa shape index (κ3) is 6.61. The van der Waals surface area contributed by atoms with Crippen molar-refractivity contribution in [3.63, 3.8) is 0 Å². The van der Waals surface area contributed by atoms with Crippen LogP contribution < -0.4 is 0 Å². The highest BCUT2D eigenvalue weighted by molar-refractivity contribution is 5.80. The summed E-state index contributed by atoms with van der Waals surface area (Å²) in [5, 5.41) is 16.9. The summed E-state index contributed by atoms with van der Waals surface area (Å²) in [4.78, 5) is 22.7. The zero-order valence-corrected chi connectivity index (χ0v) is 9.07. The van der Waals surface area contributed by atoms with E-state index in [0.717, 1.165) is 4.90 Å². The van der Waals surface area contributed by atoms with Crippen molar-refractivity contribution in [2.24, 2.45) is 0 Å². The highest BCUT2D eigenvalue weighted by Gasteiger charge is 2.34. The van der Waals surface area contributed by atoms with Gasteiger partial charge in [0.05, 0.1) is 6.61 Å². The summed E-state index contributed by atoms with van der Waals surface area (Å²) in [6.45, 7) is -3.29. The Hall–Kier alpha value is -1.51. The van der Waals surface area contributed by atoms with Crippen LogP contribution in [-0.4, -0.2) is 71.5 Å². The first-order valence-corrected chi connectivity index (χ1v) is 4.57. The molecule has 0 aromatic heterocycles. The van der Waals surface area contributed by atoms with Crippen molar-refractivity contribution in [2.45, 2.75) is 6.18 Å². The molecule has 0 saturated carbocycles. The predicted octanol–water partition coefficient (Wildman–Crippen LogP) is -0.0206. The number of aliphatic hydroxyl groups excluding tert-OH is 1. The number of alkyl halides is 3. The van der Waals surface area contributed by atoms with Crippen molar-refractivity contribution in [3.05, 3.63) is 0 Å². The lowest BCUT2D eigenvalue weighted by Crippen LogP contribution is -2.48. The number of carbonyl (C=O) groups is 2. The minimum Gasteiger partial charge on any atom is -0.480 e. The Morgan fingerprint density at radius 3 is 2.18 bits per heavy atom. The molecule has 0 aromatic rings. The van der Waals surface area contributed by atoms with Crippen LogP contribution in [-0.2, 0) is 4.79 Å². The van der Waals surface area contributed by atoms with Crippen molar-refractivity contribution < 1.29 is 33.0 Å². The number of carbonyl (C=O) groups excluding carboxylic acids is 1. The first-order valence-electron chi connectivity index (χ1n) is 4.57. The molecule has 6 nitrogen and oxygen atoms in total. The minimum atomic E-state index is -4.68. The van der Waals surface area contributed by atoms with E-state index in [1.807, 2.05) is 0 Å². The second-order valence-corrected chi connectivity index (χ2v) is 3.29. The van der Waals surface area contributed by atoms with Crippen LogP contribution in [0.25, 0.3) is 0 Å². The molecule has 9 heteroatoms. The number of aliphatic carboxylic acids is 1. The van der Waals surface area contributed by atoms with Gasteiger partial charge in [-0.2, -0.15) is 13.2 Å². The van der Waals surface area contributed by atoms with Crippen molar-refractivity contribution >= 4 is 12.0 Å². The van der Waals surface area contributed by atoms with E-state index in [1.165, 1.54) is 7.05 Å². The number of rotatable bonds is 5. The summed E-state index contributed by atoms with van der Waals surface area (Å²) >= 11 is 0. The fourth-order valence-corrected chi connectivity index (χ4v) is 1.06. The molecule has 2 N–H and O–H groups in total. The SMILES string of the molecule is CN(CCO)C(=O)N(CC(=O)O)CC(F)(F)F. The summed E-state index contributed by atoms with van der Waals surface area (Å²) in [7, 11) is 1.17. The van der Waals surface area contributed by atoms with Gasteiger partial charge in [-0.15, -0.1) is 0 Å². The van der Waals surface area contributed by atoms with Gasteiger partial charge in [0.1, 0.15) is 13.1 Å². The van der Waals surface area contributed by atoms with E-state index in [2.05, 4.69) is 0 Å². The fourth-order valence-electron chi connectivity index (χ4n) is 1.06. The lowest BCUT2D eigenvalue weighted by molar-refractivity contribution is -0.149. The van der Waals surface area contributed by atoms with Crippen LogP contribution in [0.4, 0.5) is 18.0 Å². The second kappa shape index (κ2) is 6.28. The monoisotopic (exact) mass is 258 g/mol. The molecule has 100 valence electrons. The van der Waals surface area contributed by atoms with Crippen LogP contribution in [0.2, 0.25) is 0 Å². The van der Waals surface area contributed by atoms with E-state index >= 15 is 0 Å². The van der Waals surface area contributed by atoms with E-state index in [-0.39, 0.29) is 11.4 Å². The number of carboxylic acid groups (broad SMARTS) is 1. The summed E-state index contributed by atoms with van der Waals surface area (Å²) in [6.07, 6.45) is -4.68. The molecular formula is C8H13F3N2O4. The maximum absolute atomic E-state index is 12.1. The first-order chi connectivity index (χ1) is 7.67. The van der Waals surface area contributed by atoms with Crippen LogP contribution in [0.1, 0.15) is 0 Å². The third-order valence-electron chi connectivity index (χ3n) is 1.73. The maximum Gasteiger partial charge on any atom is 0.406 e. The molecule has 0 atom stereocenters. The number of hydrogen-bond donors (Lipinski definition) is 2. The number of carboxylic acids is 1. The average Bonchev–Trinajstić information content (AvgIpc) is 2.13. The van der Waals surface area contributed by atoms with E-state index in [1.54, 1.807) is 0 Å². The Balaban J connectivity index is 4.67. The predicted molar refractivity (Wildman–Crippen MR) is 50.4 cm³/mol. The molecule has 17 heavy (non-hydrogen) atoms. The van der Waals surface area contributed by atoms with Gasteiger partial charge in [0, 0.05) is 13.6 Å². The van der Waals surface area contributed by atoms with Crippen molar-refractivity contribution in [2.75, 3.05) is 33.3 Å². The minimum absolute atomic E-state index is 0.151. The molecule has 2 amide bonds. The molecule has 0 radical (unpaired) electrons. The molecule has 0 bridgehead atoms. The van der Waals surface area contributed by atoms with Crippen molar-refractivity contribution in [3.8, 4) is 0 Å². The maximum atomic E-state index is 12.1. The highest BCUT2D eigenvalue weighted by atomic mass is 19.4. The van der Waals surface area contributed by atoms with Gasteiger partial charge < -0.3 is 20.0 Å². The van der Waals surface area contributed by atoms with Crippen LogP contribution in [0.5, 0.6) is 0 Å². The molecule has 0 rings (SSSR count). The summed E-state index contributed by atoms with van der Waals surface area (Å²) in [5.74, 6) is -1.54. The topological polar surface area (TPSA) is 81.1 Å². The number of aliphatic hydroxyl groups is 1. The van der Waals surface area contributed by atoms with Gasteiger partial charge >= 0.3 is 18.2 Å². The Bertz CT molecular complexity index is 282. The van der Waals surface area contributed by atoms with Crippen LogP contribution in [0.15, 0.2) is 0 Å².